The zero-order chi connectivity index (χ0) is 13.0. The third-order valence-electron chi connectivity index (χ3n) is 2.59. The molecule has 2 rings (SSSR count). The van der Waals surface area contributed by atoms with E-state index in [1.165, 1.54) is 0 Å². The van der Waals surface area contributed by atoms with Crippen LogP contribution in [0.15, 0.2) is 30.6 Å². The van der Waals surface area contributed by atoms with Gasteiger partial charge in [0, 0.05) is 26.0 Å². The van der Waals surface area contributed by atoms with Crippen LogP contribution < -0.4 is 5.32 Å². The van der Waals surface area contributed by atoms with Crippen molar-refractivity contribution < 1.29 is 4.74 Å². The van der Waals surface area contributed by atoms with E-state index in [9.17, 15) is 0 Å². The third kappa shape index (κ3) is 2.83. The zero-order valence-corrected chi connectivity index (χ0v) is 11.2. The summed E-state index contributed by atoms with van der Waals surface area (Å²) < 4.78 is 6.94. The fraction of sp³-hybridized carbons (Fsp3) is 0.308. The van der Waals surface area contributed by atoms with Crippen LogP contribution >= 0.6 is 11.6 Å². The molecule has 0 unspecified atom stereocenters. The summed E-state index contributed by atoms with van der Waals surface area (Å²) in [5, 5.41) is 3.91. The van der Waals surface area contributed by atoms with E-state index in [0.29, 0.717) is 18.2 Å². The number of aromatic nitrogens is 2. The number of imidazole rings is 1. The second-order valence-corrected chi connectivity index (χ2v) is 4.40. The number of aryl methyl sites for hydroxylation is 1. The number of ether oxygens (including phenoxy) is 1. The van der Waals surface area contributed by atoms with Gasteiger partial charge in [-0.1, -0.05) is 17.7 Å². The first-order valence-electron chi connectivity index (χ1n) is 5.75. The maximum absolute atomic E-state index is 6.22. The van der Waals surface area contributed by atoms with Gasteiger partial charge in [-0.3, -0.25) is 4.57 Å². The van der Waals surface area contributed by atoms with E-state index in [0.717, 1.165) is 17.2 Å². The summed E-state index contributed by atoms with van der Waals surface area (Å²) in [5.74, 6) is 0.763. The van der Waals surface area contributed by atoms with E-state index in [4.69, 9.17) is 16.3 Å². The molecule has 0 bridgehead atoms. The lowest BCUT2D eigenvalue weighted by Gasteiger charge is -2.11. The molecule has 0 spiro atoms. The second-order valence-electron chi connectivity index (χ2n) is 4.00. The Morgan fingerprint density at radius 2 is 2.28 bits per heavy atom. The zero-order valence-electron chi connectivity index (χ0n) is 10.5. The molecule has 0 radical (unpaired) electrons. The monoisotopic (exact) mass is 265 g/mol. The van der Waals surface area contributed by atoms with E-state index in [1.54, 1.807) is 13.3 Å². The Morgan fingerprint density at radius 3 is 3.06 bits per heavy atom. The molecule has 1 aromatic carbocycles. The minimum absolute atomic E-state index is 0.633. The van der Waals surface area contributed by atoms with Gasteiger partial charge in [-0.15, -0.1) is 0 Å². The molecule has 1 N–H and O–H groups in total. The van der Waals surface area contributed by atoms with Gasteiger partial charge in [0.15, 0.2) is 0 Å². The van der Waals surface area contributed by atoms with Crippen LogP contribution in [0.5, 0.6) is 0 Å². The SMILES string of the molecule is COCCNc1nccn1-c1cc(C)ccc1Cl. The van der Waals surface area contributed by atoms with Gasteiger partial charge in [0.1, 0.15) is 0 Å². The number of halogens is 1. The average Bonchev–Trinajstić information content (AvgIpc) is 2.81. The number of nitrogens with one attached hydrogen (secondary N) is 1. The van der Waals surface area contributed by atoms with Crippen LogP contribution in [0.1, 0.15) is 5.56 Å². The average molecular weight is 266 g/mol. The first-order chi connectivity index (χ1) is 8.72. The number of anilines is 1. The molecule has 2 aromatic rings. The molecule has 4 nitrogen and oxygen atoms in total. The molecule has 0 aliphatic carbocycles. The quantitative estimate of drug-likeness (QED) is 0.845. The van der Waals surface area contributed by atoms with Crippen LogP contribution in [0.4, 0.5) is 5.95 Å². The smallest absolute Gasteiger partial charge is 0.207 e. The van der Waals surface area contributed by atoms with Gasteiger partial charge >= 0.3 is 0 Å². The van der Waals surface area contributed by atoms with E-state index in [-0.39, 0.29) is 0 Å². The first-order valence-corrected chi connectivity index (χ1v) is 6.13. The highest BCUT2D eigenvalue weighted by atomic mass is 35.5. The summed E-state index contributed by atoms with van der Waals surface area (Å²) in [4.78, 5) is 4.27. The van der Waals surface area contributed by atoms with E-state index in [1.807, 2.05) is 35.9 Å². The van der Waals surface area contributed by atoms with Crippen molar-refractivity contribution in [1.29, 1.82) is 0 Å². The van der Waals surface area contributed by atoms with Gasteiger partial charge in [0.2, 0.25) is 5.95 Å². The topological polar surface area (TPSA) is 39.1 Å². The molecular formula is C13H16ClN3O. The molecule has 96 valence electrons. The molecule has 1 heterocycles. The van der Waals surface area contributed by atoms with Crippen LogP contribution in [0, 0.1) is 6.92 Å². The van der Waals surface area contributed by atoms with Gasteiger partial charge < -0.3 is 10.1 Å². The molecule has 0 aliphatic rings. The molecule has 0 fully saturated rings. The van der Waals surface area contributed by atoms with Crippen molar-refractivity contribution in [3.05, 3.63) is 41.2 Å². The largest absolute Gasteiger partial charge is 0.383 e. The van der Waals surface area contributed by atoms with Crippen molar-refractivity contribution in [1.82, 2.24) is 9.55 Å². The molecular weight excluding hydrogens is 250 g/mol. The van der Waals surface area contributed by atoms with Crippen molar-refractivity contribution in [2.75, 3.05) is 25.6 Å². The third-order valence-corrected chi connectivity index (χ3v) is 2.91. The minimum Gasteiger partial charge on any atom is -0.383 e. The Kier molecular flexibility index (Phi) is 4.23. The highest BCUT2D eigenvalue weighted by Gasteiger charge is 2.08. The van der Waals surface area contributed by atoms with E-state index >= 15 is 0 Å². The summed E-state index contributed by atoms with van der Waals surface area (Å²) in [6.45, 7) is 3.38. The molecule has 1 aromatic heterocycles. The number of rotatable bonds is 5. The van der Waals surface area contributed by atoms with Gasteiger partial charge in [-0.25, -0.2) is 4.98 Å². The van der Waals surface area contributed by atoms with Crippen molar-refractivity contribution in [3.63, 3.8) is 0 Å². The fourth-order valence-corrected chi connectivity index (χ4v) is 1.91. The van der Waals surface area contributed by atoms with Gasteiger partial charge in [-0.05, 0) is 24.6 Å². The molecule has 0 saturated heterocycles. The number of hydrogen-bond donors (Lipinski definition) is 1. The van der Waals surface area contributed by atoms with E-state index in [2.05, 4.69) is 10.3 Å². The van der Waals surface area contributed by atoms with Crippen molar-refractivity contribution >= 4 is 17.5 Å². The number of methoxy groups -OCH3 is 1. The highest BCUT2D eigenvalue weighted by Crippen LogP contribution is 2.24. The van der Waals surface area contributed by atoms with Crippen molar-refractivity contribution in [2.24, 2.45) is 0 Å². The Morgan fingerprint density at radius 1 is 1.44 bits per heavy atom. The first kappa shape index (κ1) is 12.9. The summed E-state index contributed by atoms with van der Waals surface area (Å²) in [6, 6.07) is 5.91. The maximum Gasteiger partial charge on any atom is 0.207 e. The summed E-state index contributed by atoms with van der Waals surface area (Å²) >= 11 is 6.22. The Labute approximate surface area is 112 Å². The summed E-state index contributed by atoms with van der Waals surface area (Å²) in [6.07, 6.45) is 3.63. The molecule has 0 amide bonds. The normalized spacial score (nSPS) is 10.6. The van der Waals surface area contributed by atoms with E-state index < -0.39 is 0 Å². The Bertz CT molecular complexity index is 525. The van der Waals surface area contributed by atoms with Crippen LogP contribution in [0.3, 0.4) is 0 Å². The lowest BCUT2D eigenvalue weighted by atomic mass is 10.2. The summed E-state index contributed by atoms with van der Waals surface area (Å²) in [7, 11) is 1.67. The second kappa shape index (κ2) is 5.89. The van der Waals surface area contributed by atoms with Crippen molar-refractivity contribution in [2.45, 2.75) is 6.92 Å². The Balaban J connectivity index is 2.27. The Hall–Kier alpha value is -1.52. The van der Waals surface area contributed by atoms with Gasteiger partial charge in [0.25, 0.3) is 0 Å². The van der Waals surface area contributed by atoms with Gasteiger partial charge in [0.05, 0.1) is 17.3 Å². The molecule has 5 heteroatoms. The molecule has 18 heavy (non-hydrogen) atoms. The van der Waals surface area contributed by atoms with Crippen LogP contribution in [0.2, 0.25) is 5.02 Å². The predicted octanol–water partition coefficient (Wildman–Crippen LogP) is 2.89. The lowest BCUT2D eigenvalue weighted by molar-refractivity contribution is 0.210. The fourth-order valence-electron chi connectivity index (χ4n) is 1.70. The number of benzene rings is 1. The van der Waals surface area contributed by atoms with Crippen molar-refractivity contribution in [3.8, 4) is 5.69 Å². The van der Waals surface area contributed by atoms with Crippen LogP contribution in [-0.4, -0.2) is 29.8 Å². The number of hydrogen-bond acceptors (Lipinski definition) is 3. The number of nitrogens with zero attached hydrogens (tertiary/aromatic N) is 2. The standard InChI is InChI=1S/C13H16ClN3O/c1-10-3-4-11(14)12(9-10)17-7-5-15-13(17)16-6-8-18-2/h3-5,7,9H,6,8H2,1-2H3,(H,15,16). The molecule has 0 saturated carbocycles. The highest BCUT2D eigenvalue weighted by molar-refractivity contribution is 6.32. The summed E-state index contributed by atoms with van der Waals surface area (Å²) in [5.41, 5.74) is 2.08. The maximum atomic E-state index is 6.22. The van der Waals surface area contributed by atoms with Crippen LogP contribution in [0.25, 0.3) is 5.69 Å². The van der Waals surface area contributed by atoms with Gasteiger partial charge in [-0.2, -0.15) is 0 Å². The molecule has 0 aliphatic heterocycles. The van der Waals surface area contributed by atoms with Crippen LogP contribution in [-0.2, 0) is 4.74 Å². The lowest BCUT2D eigenvalue weighted by Crippen LogP contribution is -2.11. The minimum atomic E-state index is 0.633. The molecule has 0 atom stereocenters. The predicted molar refractivity (Wildman–Crippen MR) is 73.7 cm³/mol.